The molecule has 3 aromatic rings. The molecule has 0 aliphatic carbocycles. The number of hydrogen-bond acceptors (Lipinski definition) is 5. The van der Waals surface area contributed by atoms with E-state index in [1.807, 2.05) is 24.3 Å². The number of nitrogens with one attached hydrogen (secondary N) is 1. The number of amides is 1. The maximum absolute atomic E-state index is 12.4. The summed E-state index contributed by atoms with van der Waals surface area (Å²) in [6.07, 6.45) is 0.954. The standard InChI is InChI=1S/C21H20N2O5/c1-3-15-5-7-16(8-6-15)27-13-17-9-11-20(28-17)21(24)22-18-10-4-14(2)12-19(18)23(25)26/h4-12H,3,13H2,1-2H3,(H,22,24). The number of anilines is 1. The van der Waals surface area contributed by atoms with Crippen LogP contribution in [0, 0.1) is 17.0 Å². The van der Waals surface area contributed by atoms with E-state index >= 15 is 0 Å². The van der Waals surface area contributed by atoms with Crippen LogP contribution in [0.2, 0.25) is 0 Å². The van der Waals surface area contributed by atoms with Crippen LogP contribution in [-0.2, 0) is 13.0 Å². The second kappa shape index (κ2) is 8.39. The summed E-state index contributed by atoms with van der Waals surface area (Å²) in [5.41, 5.74) is 1.90. The minimum atomic E-state index is -0.564. The Bertz CT molecular complexity index is 992. The number of nitro benzene ring substituents is 1. The summed E-state index contributed by atoms with van der Waals surface area (Å²) in [6.45, 7) is 3.99. The van der Waals surface area contributed by atoms with Crippen LogP contribution in [0.15, 0.2) is 59.0 Å². The number of rotatable bonds is 7. The lowest BCUT2D eigenvalue weighted by molar-refractivity contribution is -0.384. The largest absolute Gasteiger partial charge is 0.486 e. The van der Waals surface area contributed by atoms with Gasteiger partial charge in [0.15, 0.2) is 5.76 Å². The molecular weight excluding hydrogens is 360 g/mol. The summed E-state index contributed by atoms with van der Waals surface area (Å²) in [4.78, 5) is 23.0. The molecule has 0 bridgehead atoms. The Morgan fingerprint density at radius 3 is 2.57 bits per heavy atom. The van der Waals surface area contributed by atoms with Crippen molar-refractivity contribution >= 4 is 17.3 Å². The summed E-state index contributed by atoms with van der Waals surface area (Å²) < 4.78 is 11.2. The van der Waals surface area contributed by atoms with Gasteiger partial charge in [-0.25, -0.2) is 0 Å². The highest BCUT2D eigenvalue weighted by Crippen LogP contribution is 2.26. The van der Waals surface area contributed by atoms with E-state index in [1.165, 1.54) is 23.8 Å². The third-order valence-electron chi connectivity index (χ3n) is 4.20. The van der Waals surface area contributed by atoms with Crippen LogP contribution in [0.1, 0.15) is 34.4 Å². The third-order valence-corrected chi connectivity index (χ3v) is 4.20. The van der Waals surface area contributed by atoms with Crippen LogP contribution < -0.4 is 10.1 Å². The maximum atomic E-state index is 12.4. The number of benzene rings is 2. The maximum Gasteiger partial charge on any atom is 0.293 e. The molecule has 0 aliphatic rings. The Hall–Kier alpha value is -3.61. The predicted molar refractivity (Wildman–Crippen MR) is 105 cm³/mol. The van der Waals surface area contributed by atoms with Gasteiger partial charge in [0.1, 0.15) is 23.8 Å². The van der Waals surface area contributed by atoms with Gasteiger partial charge >= 0.3 is 0 Å². The van der Waals surface area contributed by atoms with E-state index in [2.05, 4.69) is 12.2 Å². The molecule has 0 unspecified atom stereocenters. The third kappa shape index (κ3) is 4.56. The Kier molecular flexibility index (Phi) is 5.74. The number of hydrogen-bond donors (Lipinski definition) is 1. The molecule has 0 fully saturated rings. The number of nitro groups is 1. The zero-order valence-electron chi connectivity index (χ0n) is 15.6. The van der Waals surface area contributed by atoms with Crippen molar-refractivity contribution in [3.8, 4) is 5.75 Å². The number of nitrogens with zero attached hydrogens (tertiary/aromatic N) is 1. The average Bonchev–Trinajstić information content (AvgIpc) is 3.17. The number of furan rings is 1. The Morgan fingerprint density at radius 2 is 1.89 bits per heavy atom. The highest BCUT2D eigenvalue weighted by molar-refractivity contribution is 6.03. The number of carbonyl (C=O) groups is 1. The summed E-state index contributed by atoms with van der Waals surface area (Å²) >= 11 is 0. The monoisotopic (exact) mass is 380 g/mol. The van der Waals surface area contributed by atoms with Gasteiger partial charge in [0.05, 0.1) is 4.92 Å². The molecule has 0 spiro atoms. The smallest absolute Gasteiger partial charge is 0.293 e. The van der Waals surface area contributed by atoms with Gasteiger partial charge in [0.25, 0.3) is 11.6 Å². The average molecular weight is 380 g/mol. The molecule has 1 amide bonds. The van der Waals surface area contributed by atoms with Crippen LogP contribution >= 0.6 is 0 Å². The van der Waals surface area contributed by atoms with Crippen molar-refractivity contribution in [3.63, 3.8) is 0 Å². The fourth-order valence-electron chi connectivity index (χ4n) is 2.64. The second-order valence-electron chi connectivity index (χ2n) is 6.28. The van der Waals surface area contributed by atoms with Crippen LogP contribution in [0.4, 0.5) is 11.4 Å². The van der Waals surface area contributed by atoms with Gasteiger partial charge < -0.3 is 14.5 Å². The van der Waals surface area contributed by atoms with E-state index in [1.54, 1.807) is 19.1 Å². The molecule has 28 heavy (non-hydrogen) atoms. The first-order valence-corrected chi connectivity index (χ1v) is 8.83. The summed E-state index contributed by atoms with van der Waals surface area (Å²) in [5.74, 6) is 0.665. The predicted octanol–water partition coefficient (Wildman–Crippen LogP) is 4.89. The molecule has 1 aromatic heterocycles. The molecule has 0 saturated heterocycles. The summed E-state index contributed by atoms with van der Waals surface area (Å²) in [7, 11) is 0. The number of ether oxygens (including phenoxy) is 1. The van der Waals surface area contributed by atoms with E-state index in [0.29, 0.717) is 11.5 Å². The van der Waals surface area contributed by atoms with Crippen LogP contribution in [0.5, 0.6) is 5.75 Å². The Balaban J connectivity index is 1.64. The number of carbonyl (C=O) groups excluding carboxylic acids is 1. The molecule has 7 heteroatoms. The molecule has 144 valence electrons. The van der Waals surface area contributed by atoms with E-state index < -0.39 is 10.8 Å². The SMILES string of the molecule is CCc1ccc(OCc2ccc(C(=O)Nc3ccc(C)cc3[N+](=O)[O-])o2)cc1. The molecular formula is C21H20N2O5. The van der Waals surface area contributed by atoms with E-state index in [4.69, 9.17) is 9.15 Å². The molecule has 1 N–H and O–H groups in total. The topological polar surface area (TPSA) is 94.6 Å². The van der Waals surface area contributed by atoms with Crippen LogP contribution in [0.3, 0.4) is 0 Å². The van der Waals surface area contributed by atoms with E-state index in [-0.39, 0.29) is 23.7 Å². The van der Waals surface area contributed by atoms with Crippen molar-refractivity contribution in [1.82, 2.24) is 0 Å². The highest BCUT2D eigenvalue weighted by atomic mass is 16.6. The fourth-order valence-corrected chi connectivity index (χ4v) is 2.64. The summed E-state index contributed by atoms with van der Waals surface area (Å²) in [5, 5.41) is 13.7. The van der Waals surface area contributed by atoms with E-state index in [0.717, 1.165) is 12.0 Å². The Labute approximate surface area is 162 Å². The van der Waals surface area contributed by atoms with Gasteiger partial charge in [-0.15, -0.1) is 0 Å². The second-order valence-corrected chi connectivity index (χ2v) is 6.28. The van der Waals surface area contributed by atoms with Crippen LogP contribution in [-0.4, -0.2) is 10.8 Å². The number of aryl methyl sites for hydroxylation is 2. The van der Waals surface area contributed by atoms with Crippen molar-refractivity contribution in [3.05, 3.63) is 87.4 Å². The van der Waals surface area contributed by atoms with Gasteiger partial charge in [0, 0.05) is 6.07 Å². The van der Waals surface area contributed by atoms with Crippen molar-refractivity contribution in [1.29, 1.82) is 0 Å². The molecule has 3 rings (SSSR count). The van der Waals surface area contributed by atoms with Gasteiger partial charge in [-0.3, -0.25) is 14.9 Å². The molecule has 0 saturated carbocycles. The minimum absolute atomic E-state index is 0.0507. The first-order valence-electron chi connectivity index (χ1n) is 8.83. The van der Waals surface area contributed by atoms with Gasteiger partial charge in [-0.05, 0) is 54.8 Å². The zero-order valence-corrected chi connectivity index (χ0v) is 15.6. The quantitative estimate of drug-likeness (QED) is 0.465. The lowest BCUT2D eigenvalue weighted by Gasteiger charge is -2.06. The lowest BCUT2D eigenvalue weighted by Crippen LogP contribution is -2.12. The van der Waals surface area contributed by atoms with E-state index in [9.17, 15) is 14.9 Å². The lowest BCUT2D eigenvalue weighted by atomic mass is 10.2. The Morgan fingerprint density at radius 1 is 1.14 bits per heavy atom. The fraction of sp³-hybridized carbons (Fsp3) is 0.190. The zero-order chi connectivity index (χ0) is 20.1. The molecule has 1 heterocycles. The summed E-state index contributed by atoms with van der Waals surface area (Å²) in [6, 6.07) is 15.5. The first kappa shape index (κ1) is 19.2. The first-order chi connectivity index (χ1) is 13.5. The van der Waals surface area contributed by atoms with Crippen molar-refractivity contribution in [2.75, 3.05) is 5.32 Å². The molecule has 7 nitrogen and oxygen atoms in total. The molecule has 0 aliphatic heterocycles. The molecule has 2 aromatic carbocycles. The molecule has 0 atom stereocenters. The van der Waals surface area contributed by atoms with Crippen molar-refractivity contribution < 1.29 is 18.9 Å². The normalized spacial score (nSPS) is 10.5. The minimum Gasteiger partial charge on any atom is -0.486 e. The highest BCUT2D eigenvalue weighted by Gasteiger charge is 2.18. The molecule has 0 radical (unpaired) electrons. The van der Waals surface area contributed by atoms with Crippen LogP contribution in [0.25, 0.3) is 0 Å². The van der Waals surface area contributed by atoms with Gasteiger partial charge in [-0.2, -0.15) is 0 Å². The van der Waals surface area contributed by atoms with Gasteiger partial charge in [-0.1, -0.05) is 25.1 Å². The van der Waals surface area contributed by atoms with Crippen molar-refractivity contribution in [2.24, 2.45) is 0 Å². The van der Waals surface area contributed by atoms with Gasteiger partial charge in [0.2, 0.25) is 0 Å². The van der Waals surface area contributed by atoms with Crippen molar-refractivity contribution in [2.45, 2.75) is 26.9 Å².